The monoisotopic (exact) mass is 592 g/mol. The van der Waals surface area contributed by atoms with Crippen molar-refractivity contribution in [1.29, 1.82) is 0 Å². The van der Waals surface area contributed by atoms with E-state index >= 15 is 0 Å². The van der Waals surface area contributed by atoms with Gasteiger partial charge in [-0.2, -0.15) is 0 Å². The van der Waals surface area contributed by atoms with Crippen LogP contribution in [0.1, 0.15) is 27.9 Å². The zero-order chi connectivity index (χ0) is 25.9. The van der Waals surface area contributed by atoms with Crippen molar-refractivity contribution >= 4 is 74.2 Å². The maximum Gasteiger partial charge on any atom is 0.338 e. The van der Waals surface area contributed by atoms with E-state index in [1.54, 1.807) is 0 Å². The number of nitrogens with one attached hydrogen (secondary N) is 1. The molecule has 7 nitrogen and oxygen atoms in total. The minimum atomic E-state index is -0.690. The number of nitrogens with zero attached hydrogens (tertiary/aromatic N) is 1. The van der Waals surface area contributed by atoms with Crippen molar-refractivity contribution < 1.29 is 23.9 Å². The summed E-state index contributed by atoms with van der Waals surface area (Å²) < 4.78 is 6.08. The Morgan fingerprint density at radius 1 is 1.00 bits per heavy atom. The number of rotatable bonds is 5. The standard InChI is InChI=1S/C26H23BrCl2N2O5/c1-11-8-18(12(2)7-17(11)27)30-19(32)10-36-26(35)13-3-5-14(6-4-13)31-24(33)20-15-9-16(21(20)25(31)34)23(29)22(15)28/h3-8,15-16,20-23H,9-10H2,1-2H3,(H,30,32)/t15-,16-,20-,21+,22+,23+/m1/s1. The number of carbonyl (C=O) groups excluding carboxylic acids is 4. The molecule has 1 heterocycles. The molecule has 0 spiro atoms. The van der Waals surface area contributed by atoms with Crippen LogP contribution in [-0.2, 0) is 19.1 Å². The quantitative estimate of drug-likeness (QED) is 0.304. The number of fused-ring (bicyclic) bond motifs is 5. The van der Waals surface area contributed by atoms with Gasteiger partial charge < -0.3 is 10.1 Å². The van der Waals surface area contributed by atoms with Gasteiger partial charge in [0, 0.05) is 10.2 Å². The number of halogens is 3. The Morgan fingerprint density at radius 2 is 1.58 bits per heavy atom. The number of hydrogen-bond donors (Lipinski definition) is 1. The molecule has 0 aromatic heterocycles. The Balaban J connectivity index is 1.21. The first-order valence-electron chi connectivity index (χ1n) is 11.6. The van der Waals surface area contributed by atoms with Gasteiger partial charge in [0.15, 0.2) is 6.61 Å². The molecular weight excluding hydrogens is 571 g/mol. The first-order valence-corrected chi connectivity index (χ1v) is 13.2. The molecule has 0 radical (unpaired) electrons. The molecule has 2 saturated carbocycles. The van der Waals surface area contributed by atoms with Gasteiger partial charge in [-0.25, -0.2) is 4.79 Å². The van der Waals surface area contributed by atoms with Crippen LogP contribution >= 0.6 is 39.1 Å². The van der Waals surface area contributed by atoms with Gasteiger partial charge in [-0.05, 0) is 79.6 Å². The predicted molar refractivity (Wildman–Crippen MR) is 139 cm³/mol. The van der Waals surface area contributed by atoms with Gasteiger partial charge in [-0.1, -0.05) is 15.9 Å². The lowest BCUT2D eigenvalue weighted by molar-refractivity contribution is -0.123. The number of anilines is 2. The molecule has 3 aliphatic rings. The Hall–Kier alpha value is -2.42. The molecule has 2 aromatic rings. The van der Waals surface area contributed by atoms with Crippen molar-refractivity contribution in [2.24, 2.45) is 23.7 Å². The number of aryl methyl sites for hydroxylation is 2. The number of imide groups is 1. The van der Waals surface area contributed by atoms with Crippen molar-refractivity contribution in [1.82, 2.24) is 0 Å². The minimum Gasteiger partial charge on any atom is -0.452 e. The summed E-state index contributed by atoms with van der Waals surface area (Å²) in [6.07, 6.45) is 0.697. The summed E-state index contributed by atoms with van der Waals surface area (Å²) >= 11 is 16.3. The Labute approximate surface area is 226 Å². The number of ether oxygens (including phenoxy) is 1. The summed E-state index contributed by atoms with van der Waals surface area (Å²) in [4.78, 5) is 52.2. The van der Waals surface area contributed by atoms with Crippen LogP contribution in [0.5, 0.6) is 0 Å². The lowest BCUT2D eigenvalue weighted by atomic mass is 9.80. The fraction of sp³-hybridized carbons (Fsp3) is 0.385. The summed E-state index contributed by atoms with van der Waals surface area (Å²) in [5.74, 6) is -2.77. The largest absolute Gasteiger partial charge is 0.452 e. The highest BCUT2D eigenvalue weighted by Gasteiger charge is 2.66. The lowest BCUT2D eigenvalue weighted by Crippen LogP contribution is -2.37. The van der Waals surface area contributed by atoms with Gasteiger partial charge in [-0.15, -0.1) is 23.2 Å². The lowest BCUT2D eigenvalue weighted by Gasteiger charge is -2.28. The topological polar surface area (TPSA) is 92.8 Å². The minimum absolute atomic E-state index is 0.101. The second-order valence-corrected chi connectivity index (χ2v) is 11.5. The van der Waals surface area contributed by atoms with E-state index in [0.717, 1.165) is 15.6 Å². The SMILES string of the molecule is Cc1cc(NC(=O)COC(=O)c2ccc(N3C(=O)[C@@H]4[C@H]5C[C@@H]([C@H](Cl)[C@H]5Cl)[C@@H]4C3=O)cc2)c(C)cc1Br. The van der Waals surface area contributed by atoms with Gasteiger partial charge in [0.25, 0.3) is 5.91 Å². The van der Waals surface area contributed by atoms with Crippen LogP contribution in [0.15, 0.2) is 40.9 Å². The predicted octanol–water partition coefficient (Wildman–Crippen LogP) is 4.83. The van der Waals surface area contributed by atoms with Crippen molar-refractivity contribution in [3.63, 3.8) is 0 Å². The van der Waals surface area contributed by atoms with Crippen LogP contribution in [0.3, 0.4) is 0 Å². The molecule has 1 aliphatic heterocycles. The van der Waals surface area contributed by atoms with Gasteiger partial charge in [0.1, 0.15) is 0 Å². The summed E-state index contributed by atoms with van der Waals surface area (Å²) in [6, 6.07) is 9.72. The fourth-order valence-corrected chi connectivity index (χ4v) is 7.02. The van der Waals surface area contributed by atoms with Crippen molar-refractivity contribution in [2.75, 3.05) is 16.8 Å². The smallest absolute Gasteiger partial charge is 0.338 e. The van der Waals surface area contributed by atoms with Crippen LogP contribution in [-0.4, -0.2) is 41.1 Å². The van der Waals surface area contributed by atoms with E-state index in [1.165, 1.54) is 29.2 Å². The van der Waals surface area contributed by atoms with E-state index in [0.29, 0.717) is 17.8 Å². The molecule has 36 heavy (non-hydrogen) atoms. The van der Waals surface area contributed by atoms with Gasteiger partial charge >= 0.3 is 5.97 Å². The Kier molecular flexibility index (Phi) is 6.64. The zero-order valence-electron chi connectivity index (χ0n) is 19.5. The maximum absolute atomic E-state index is 13.1. The summed E-state index contributed by atoms with van der Waals surface area (Å²) in [5.41, 5.74) is 3.05. The fourth-order valence-electron chi connectivity index (χ4n) is 5.67. The van der Waals surface area contributed by atoms with Gasteiger partial charge in [0.2, 0.25) is 11.8 Å². The number of alkyl halides is 2. The summed E-state index contributed by atoms with van der Waals surface area (Å²) in [6.45, 7) is 3.32. The van der Waals surface area contributed by atoms with Crippen LogP contribution in [0.2, 0.25) is 0 Å². The van der Waals surface area contributed by atoms with E-state index in [-0.39, 0.29) is 40.0 Å². The third-order valence-electron chi connectivity index (χ3n) is 7.46. The number of hydrogen-bond acceptors (Lipinski definition) is 5. The van der Waals surface area contributed by atoms with Crippen LogP contribution < -0.4 is 10.2 Å². The number of carbonyl (C=O) groups is 4. The highest BCUT2D eigenvalue weighted by atomic mass is 79.9. The van der Waals surface area contributed by atoms with E-state index in [1.807, 2.05) is 26.0 Å². The molecule has 10 heteroatoms. The average Bonchev–Trinajstić information content (AvgIpc) is 3.46. The van der Waals surface area contributed by atoms with Crippen LogP contribution in [0.25, 0.3) is 0 Å². The molecule has 6 atom stereocenters. The average molecular weight is 594 g/mol. The zero-order valence-corrected chi connectivity index (χ0v) is 22.6. The van der Waals surface area contributed by atoms with E-state index < -0.39 is 30.3 Å². The molecule has 5 rings (SSSR count). The molecule has 1 saturated heterocycles. The van der Waals surface area contributed by atoms with Crippen molar-refractivity contribution in [2.45, 2.75) is 31.0 Å². The third kappa shape index (κ3) is 4.13. The molecule has 3 amide bonds. The van der Waals surface area contributed by atoms with Crippen LogP contribution in [0.4, 0.5) is 11.4 Å². The van der Waals surface area contributed by atoms with Crippen molar-refractivity contribution in [3.8, 4) is 0 Å². The van der Waals surface area contributed by atoms with Crippen LogP contribution in [0, 0.1) is 37.5 Å². The first-order chi connectivity index (χ1) is 17.1. The second kappa shape index (κ2) is 9.47. The molecule has 1 N–H and O–H groups in total. The molecular formula is C26H23BrCl2N2O5. The number of esters is 1. The summed E-state index contributed by atoms with van der Waals surface area (Å²) in [5, 5.41) is 2.10. The second-order valence-electron chi connectivity index (χ2n) is 9.60. The number of amides is 3. The first kappa shape index (κ1) is 25.2. The highest BCUT2D eigenvalue weighted by molar-refractivity contribution is 9.10. The van der Waals surface area contributed by atoms with E-state index in [2.05, 4.69) is 21.2 Å². The van der Waals surface area contributed by atoms with Crippen molar-refractivity contribution in [3.05, 3.63) is 57.6 Å². The normalized spacial score (nSPS) is 28.4. The van der Waals surface area contributed by atoms with Gasteiger partial charge in [0.05, 0.1) is 33.8 Å². The summed E-state index contributed by atoms with van der Waals surface area (Å²) in [7, 11) is 0. The number of benzene rings is 2. The van der Waals surface area contributed by atoms with E-state index in [9.17, 15) is 19.2 Å². The Morgan fingerprint density at radius 3 is 2.17 bits per heavy atom. The molecule has 2 aliphatic carbocycles. The molecule has 188 valence electrons. The molecule has 0 unspecified atom stereocenters. The highest BCUT2D eigenvalue weighted by Crippen LogP contribution is 2.59. The Bertz CT molecular complexity index is 1250. The maximum atomic E-state index is 13.1. The molecule has 2 aromatic carbocycles. The molecule has 3 fully saturated rings. The van der Waals surface area contributed by atoms with E-state index in [4.69, 9.17) is 27.9 Å². The third-order valence-corrected chi connectivity index (χ3v) is 9.64. The van der Waals surface area contributed by atoms with Gasteiger partial charge in [-0.3, -0.25) is 19.3 Å². The molecule has 2 bridgehead atoms.